The first kappa shape index (κ1) is 16.1. The third kappa shape index (κ3) is 3.94. The monoisotopic (exact) mass is 373 g/mol. The Morgan fingerprint density at radius 3 is 2.74 bits per heavy atom. The number of nitrogens with one attached hydrogen (secondary N) is 1. The fourth-order valence-corrected chi connectivity index (χ4v) is 3.16. The number of carbonyl (C=O) groups is 1. The van der Waals surface area contributed by atoms with Crippen LogP contribution in [-0.4, -0.2) is 12.0 Å². The van der Waals surface area contributed by atoms with Gasteiger partial charge in [-0.15, -0.1) is 0 Å². The largest absolute Gasteiger partial charge is 0.489 e. The van der Waals surface area contributed by atoms with Gasteiger partial charge >= 0.3 is 0 Å². The maximum Gasteiger partial charge on any atom is 0.228 e. The number of anilines is 1. The zero-order valence-corrected chi connectivity index (χ0v) is 14.8. The van der Waals surface area contributed by atoms with Gasteiger partial charge in [0, 0.05) is 10.4 Å². The summed E-state index contributed by atoms with van der Waals surface area (Å²) in [6.07, 6.45) is 0.971. The van der Waals surface area contributed by atoms with Crippen LogP contribution in [0.25, 0.3) is 0 Å². The molecule has 3 rings (SSSR count). The van der Waals surface area contributed by atoms with Gasteiger partial charge in [0.15, 0.2) is 0 Å². The molecule has 2 atom stereocenters. The first-order chi connectivity index (χ1) is 11.0. The molecule has 2 unspecified atom stereocenters. The van der Waals surface area contributed by atoms with Crippen LogP contribution >= 0.6 is 15.9 Å². The molecule has 1 saturated carbocycles. The second-order valence-electron chi connectivity index (χ2n) is 6.16. The molecule has 1 amide bonds. The number of ether oxygens (including phenoxy) is 1. The number of amides is 1. The van der Waals surface area contributed by atoms with E-state index in [-0.39, 0.29) is 17.9 Å². The zero-order chi connectivity index (χ0) is 16.4. The third-order valence-electron chi connectivity index (χ3n) is 3.91. The van der Waals surface area contributed by atoms with Gasteiger partial charge in [0.1, 0.15) is 5.75 Å². The van der Waals surface area contributed by atoms with Crippen molar-refractivity contribution in [1.29, 1.82) is 0 Å². The highest BCUT2D eigenvalue weighted by Crippen LogP contribution is 2.48. The topological polar surface area (TPSA) is 38.3 Å². The maximum absolute atomic E-state index is 12.5. The minimum absolute atomic E-state index is 0.0383. The van der Waals surface area contributed by atoms with E-state index in [1.54, 1.807) is 0 Å². The fourth-order valence-electron chi connectivity index (χ4n) is 2.74. The van der Waals surface area contributed by atoms with E-state index in [9.17, 15) is 4.79 Å². The van der Waals surface area contributed by atoms with Crippen molar-refractivity contribution in [2.45, 2.75) is 32.3 Å². The molecule has 1 fully saturated rings. The molecule has 2 aromatic carbocycles. The summed E-state index contributed by atoms with van der Waals surface area (Å²) in [5.74, 6) is 1.13. The third-order valence-corrected chi connectivity index (χ3v) is 4.40. The van der Waals surface area contributed by atoms with Crippen molar-refractivity contribution >= 4 is 27.5 Å². The van der Waals surface area contributed by atoms with Crippen molar-refractivity contribution in [2.75, 3.05) is 5.32 Å². The van der Waals surface area contributed by atoms with Gasteiger partial charge in [-0.05, 0) is 56.0 Å². The average Bonchev–Trinajstić information content (AvgIpc) is 3.29. The molecule has 23 heavy (non-hydrogen) atoms. The van der Waals surface area contributed by atoms with Crippen LogP contribution < -0.4 is 10.1 Å². The Labute approximate surface area is 145 Å². The molecular formula is C19H20BrNO2. The van der Waals surface area contributed by atoms with Gasteiger partial charge < -0.3 is 10.1 Å². The molecular weight excluding hydrogens is 354 g/mol. The first-order valence-electron chi connectivity index (χ1n) is 7.86. The number of hydrogen-bond acceptors (Lipinski definition) is 2. The van der Waals surface area contributed by atoms with E-state index < -0.39 is 0 Å². The summed E-state index contributed by atoms with van der Waals surface area (Å²) in [6, 6.07) is 15.8. The van der Waals surface area contributed by atoms with Crippen molar-refractivity contribution in [2.24, 2.45) is 5.92 Å². The van der Waals surface area contributed by atoms with Crippen molar-refractivity contribution in [3.8, 4) is 5.75 Å². The molecule has 0 aromatic heterocycles. The quantitative estimate of drug-likeness (QED) is 0.802. The molecule has 3 nitrogen and oxygen atoms in total. The lowest BCUT2D eigenvalue weighted by Gasteiger charge is -2.14. The van der Waals surface area contributed by atoms with Crippen molar-refractivity contribution in [3.05, 3.63) is 58.6 Å². The van der Waals surface area contributed by atoms with Gasteiger partial charge in [-0.3, -0.25) is 4.79 Å². The summed E-state index contributed by atoms with van der Waals surface area (Å²) in [6.45, 7) is 3.95. The number of hydrogen-bond donors (Lipinski definition) is 1. The Bertz CT molecular complexity index is 714. The minimum Gasteiger partial charge on any atom is -0.489 e. The Kier molecular flexibility index (Phi) is 4.71. The molecule has 2 aromatic rings. The molecule has 0 spiro atoms. The summed E-state index contributed by atoms with van der Waals surface area (Å²) in [4.78, 5) is 12.5. The van der Waals surface area contributed by atoms with Gasteiger partial charge in [0.05, 0.1) is 11.8 Å². The minimum atomic E-state index is 0.0383. The summed E-state index contributed by atoms with van der Waals surface area (Å²) in [5, 5.41) is 3.02. The van der Waals surface area contributed by atoms with Crippen LogP contribution in [0.3, 0.4) is 0 Å². The van der Waals surface area contributed by atoms with Crippen LogP contribution in [0.1, 0.15) is 31.7 Å². The van der Waals surface area contributed by atoms with Crippen LogP contribution in [0.4, 0.5) is 5.69 Å². The molecule has 0 radical (unpaired) electrons. The van der Waals surface area contributed by atoms with Crippen LogP contribution in [0.2, 0.25) is 0 Å². The Morgan fingerprint density at radius 1 is 1.22 bits per heavy atom. The predicted octanol–water partition coefficient (Wildman–Crippen LogP) is 4.98. The standard InChI is InChI=1S/C19H20BrNO2/c1-12(2)23-18-9-4-3-8-17(18)21-19(22)16-11-15(16)13-6-5-7-14(20)10-13/h3-10,12,15-16H,11H2,1-2H3,(H,21,22). The van der Waals surface area contributed by atoms with Gasteiger partial charge in [-0.2, -0.15) is 0 Å². The van der Waals surface area contributed by atoms with Crippen LogP contribution in [0.15, 0.2) is 53.0 Å². The summed E-state index contributed by atoms with van der Waals surface area (Å²) in [7, 11) is 0. The van der Waals surface area contributed by atoms with Gasteiger partial charge in [0.2, 0.25) is 5.91 Å². The van der Waals surface area contributed by atoms with Crippen molar-refractivity contribution in [3.63, 3.8) is 0 Å². The summed E-state index contributed by atoms with van der Waals surface area (Å²) < 4.78 is 6.81. The highest BCUT2D eigenvalue weighted by atomic mass is 79.9. The van der Waals surface area contributed by atoms with Gasteiger partial charge in [0.25, 0.3) is 0 Å². The molecule has 4 heteroatoms. The van der Waals surface area contributed by atoms with E-state index in [1.807, 2.05) is 50.2 Å². The van der Waals surface area contributed by atoms with Crippen molar-refractivity contribution in [1.82, 2.24) is 0 Å². The normalized spacial score (nSPS) is 19.5. The summed E-state index contributed by atoms with van der Waals surface area (Å²) in [5.41, 5.74) is 1.96. The SMILES string of the molecule is CC(C)Oc1ccccc1NC(=O)C1CC1c1cccc(Br)c1. The number of halogens is 1. The van der Waals surface area contributed by atoms with E-state index in [0.29, 0.717) is 5.92 Å². The van der Waals surface area contributed by atoms with Crippen LogP contribution in [0, 0.1) is 5.92 Å². The van der Waals surface area contributed by atoms with E-state index in [1.165, 1.54) is 5.56 Å². The van der Waals surface area contributed by atoms with Gasteiger partial charge in [-0.25, -0.2) is 0 Å². The number of carbonyl (C=O) groups excluding carboxylic acids is 1. The molecule has 0 saturated heterocycles. The highest BCUT2D eigenvalue weighted by Gasteiger charge is 2.44. The number of para-hydroxylation sites is 2. The molecule has 1 N–H and O–H groups in total. The Balaban J connectivity index is 1.67. The smallest absolute Gasteiger partial charge is 0.228 e. The second kappa shape index (κ2) is 6.75. The molecule has 1 aliphatic carbocycles. The van der Waals surface area contributed by atoms with Gasteiger partial charge in [-0.1, -0.05) is 40.2 Å². The Morgan fingerprint density at radius 2 is 2.00 bits per heavy atom. The van der Waals surface area contributed by atoms with Crippen LogP contribution in [0.5, 0.6) is 5.75 Å². The lowest BCUT2D eigenvalue weighted by Crippen LogP contribution is -2.16. The summed E-state index contributed by atoms with van der Waals surface area (Å²) >= 11 is 3.48. The van der Waals surface area contributed by atoms with Crippen molar-refractivity contribution < 1.29 is 9.53 Å². The molecule has 120 valence electrons. The first-order valence-corrected chi connectivity index (χ1v) is 8.66. The number of benzene rings is 2. The molecule has 0 aliphatic heterocycles. The molecule has 0 heterocycles. The lowest BCUT2D eigenvalue weighted by molar-refractivity contribution is -0.117. The second-order valence-corrected chi connectivity index (χ2v) is 7.07. The lowest BCUT2D eigenvalue weighted by atomic mass is 10.1. The maximum atomic E-state index is 12.5. The highest BCUT2D eigenvalue weighted by molar-refractivity contribution is 9.10. The van der Waals surface area contributed by atoms with E-state index in [0.717, 1.165) is 22.3 Å². The fraction of sp³-hybridized carbons (Fsp3) is 0.316. The van der Waals surface area contributed by atoms with E-state index >= 15 is 0 Å². The Hall–Kier alpha value is -1.81. The average molecular weight is 374 g/mol. The predicted molar refractivity (Wildman–Crippen MR) is 95.8 cm³/mol. The van der Waals surface area contributed by atoms with E-state index in [2.05, 4.69) is 33.4 Å². The molecule has 0 bridgehead atoms. The zero-order valence-electron chi connectivity index (χ0n) is 13.3. The molecule has 1 aliphatic rings. The van der Waals surface area contributed by atoms with Crippen LogP contribution in [-0.2, 0) is 4.79 Å². The van der Waals surface area contributed by atoms with E-state index in [4.69, 9.17) is 4.74 Å². The number of rotatable bonds is 5.